The molecule has 3 rings (SSSR count). The van der Waals surface area contributed by atoms with Crippen molar-refractivity contribution in [3.8, 4) is 11.1 Å². The van der Waals surface area contributed by atoms with Crippen LogP contribution in [0.15, 0.2) is 48.8 Å². The first-order valence-corrected chi connectivity index (χ1v) is 8.09. The van der Waals surface area contributed by atoms with Crippen LogP contribution in [0, 0.1) is 5.92 Å². The third-order valence-corrected chi connectivity index (χ3v) is 4.48. The zero-order valence-corrected chi connectivity index (χ0v) is 13.9. The van der Waals surface area contributed by atoms with Crippen LogP contribution in [0.5, 0.6) is 0 Å². The summed E-state index contributed by atoms with van der Waals surface area (Å²) < 4.78 is 0. The van der Waals surface area contributed by atoms with E-state index in [1.807, 2.05) is 49.5 Å². The molecule has 0 aliphatic carbocycles. The average Bonchev–Trinajstić information content (AvgIpc) is 2.95. The van der Waals surface area contributed by atoms with Crippen molar-refractivity contribution in [2.75, 3.05) is 13.6 Å². The first kappa shape index (κ1) is 16.2. The molecule has 124 valence electrons. The lowest BCUT2D eigenvalue weighted by molar-refractivity contribution is -0.128. The minimum absolute atomic E-state index is 0.0311. The van der Waals surface area contributed by atoms with Gasteiger partial charge in [0, 0.05) is 32.4 Å². The fourth-order valence-electron chi connectivity index (χ4n) is 2.95. The van der Waals surface area contributed by atoms with Crippen LogP contribution in [0.4, 0.5) is 0 Å². The fraction of sp³-hybridized carbons (Fsp3) is 0.316. The number of rotatable bonds is 4. The van der Waals surface area contributed by atoms with Crippen LogP contribution in [0.1, 0.15) is 24.9 Å². The Morgan fingerprint density at radius 3 is 2.58 bits per heavy atom. The summed E-state index contributed by atoms with van der Waals surface area (Å²) in [5.41, 5.74) is 3.19. The summed E-state index contributed by atoms with van der Waals surface area (Å²) in [5, 5.41) is 3.01. The summed E-state index contributed by atoms with van der Waals surface area (Å²) in [4.78, 5) is 29.6. The van der Waals surface area contributed by atoms with Gasteiger partial charge in [-0.2, -0.15) is 0 Å². The zero-order chi connectivity index (χ0) is 17.1. The van der Waals surface area contributed by atoms with E-state index >= 15 is 0 Å². The zero-order valence-electron chi connectivity index (χ0n) is 13.9. The normalized spacial score (nSPS) is 18.5. The Labute approximate surface area is 141 Å². The lowest BCUT2D eigenvalue weighted by Gasteiger charge is -2.17. The Bertz CT molecular complexity index is 728. The molecule has 1 aromatic heterocycles. The molecule has 2 atom stereocenters. The molecule has 1 aliphatic rings. The van der Waals surface area contributed by atoms with Gasteiger partial charge in [-0.3, -0.25) is 14.6 Å². The monoisotopic (exact) mass is 323 g/mol. The van der Waals surface area contributed by atoms with Crippen molar-refractivity contribution in [3.05, 3.63) is 54.4 Å². The van der Waals surface area contributed by atoms with Crippen molar-refractivity contribution in [1.29, 1.82) is 0 Å². The summed E-state index contributed by atoms with van der Waals surface area (Å²) in [6.45, 7) is 2.45. The van der Waals surface area contributed by atoms with E-state index in [1.54, 1.807) is 18.1 Å². The number of amides is 2. The molecule has 1 saturated heterocycles. The standard InChI is InChI=1S/C19H21N3O2/c1-13(21-19(24)17-10-18(23)22(2)12-17)14-5-7-15(8-6-14)16-4-3-9-20-11-16/h3-9,11,13,17H,10,12H2,1-2H3,(H,21,24). The maximum Gasteiger partial charge on any atom is 0.225 e. The molecule has 0 saturated carbocycles. The van der Waals surface area contributed by atoms with Crippen LogP contribution in [0.2, 0.25) is 0 Å². The van der Waals surface area contributed by atoms with Crippen LogP contribution in [0.3, 0.4) is 0 Å². The third-order valence-electron chi connectivity index (χ3n) is 4.48. The minimum atomic E-state index is -0.250. The molecule has 1 aromatic carbocycles. The quantitative estimate of drug-likeness (QED) is 0.940. The van der Waals surface area contributed by atoms with Crippen LogP contribution in [0.25, 0.3) is 11.1 Å². The van der Waals surface area contributed by atoms with E-state index in [-0.39, 0.29) is 23.8 Å². The van der Waals surface area contributed by atoms with Gasteiger partial charge in [0.1, 0.15) is 0 Å². The van der Waals surface area contributed by atoms with Gasteiger partial charge in [0.05, 0.1) is 12.0 Å². The van der Waals surface area contributed by atoms with Gasteiger partial charge in [-0.15, -0.1) is 0 Å². The number of hydrogen-bond donors (Lipinski definition) is 1. The highest BCUT2D eigenvalue weighted by molar-refractivity contribution is 5.89. The largest absolute Gasteiger partial charge is 0.349 e. The molecule has 0 radical (unpaired) electrons. The number of nitrogens with zero attached hydrogens (tertiary/aromatic N) is 2. The number of benzene rings is 1. The Morgan fingerprint density at radius 1 is 1.25 bits per heavy atom. The van der Waals surface area contributed by atoms with Crippen LogP contribution < -0.4 is 5.32 Å². The summed E-state index contributed by atoms with van der Waals surface area (Å²) in [6.07, 6.45) is 3.88. The van der Waals surface area contributed by atoms with E-state index in [1.165, 1.54) is 0 Å². The van der Waals surface area contributed by atoms with Gasteiger partial charge in [0.2, 0.25) is 11.8 Å². The van der Waals surface area contributed by atoms with Crippen molar-refractivity contribution >= 4 is 11.8 Å². The SMILES string of the molecule is CC(NC(=O)C1CC(=O)N(C)C1)c1ccc(-c2cccnc2)cc1. The van der Waals surface area contributed by atoms with Gasteiger partial charge in [-0.05, 0) is 29.7 Å². The molecule has 2 amide bonds. The Hall–Kier alpha value is -2.69. The average molecular weight is 323 g/mol. The molecule has 2 heterocycles. The van der Waals surface area contributed by atoms with E-state index in [4.69, 9.17) is 0 Å². The number of aromatic nitrogens is 1. The number of nitrogens with one attached hydrogen (secondary N) is 1. The van der Waals surface area contributed by atoms with Crippen LogP contribution >= 0.6 is 0 Å². The van der Waals surface area contributed by atoms with Crippen molar-refractivity contribution in [2.45, 2.75) is 19.4 Å². The van der Waals surface area contributed by atoms with Crippen molar-refractivity contribution in [3.63, 3.8) is 0 Å². The Kier molecular flexibility index (Phi) is 4.60. The molecule has 5 heteroatoms. The summed E-state index contributed by atoms with van der Waals surface area (Å²) in [5.74, 6) is -0.278. The van der Waals surface area contributed by atoms with Crippen LogP contribution in [-0.4, -0.2) is 35.3 Å². The van der Waals surface area contributed by atoms with Gasteiger partial charge < -0.3 is 10.2 Å². The first-order chi connectivity index (χ1) is 11.5. The van der Waals surface area contributed by atoms with E-state index in [2.05, 4.69) is 10.3 Å². The maximum atomic E-state index is 12.3. The fourth-order valence-corrected chi connectivity index (χ4v) is 2.95. The number of hydrogen-bond acceptors (Lipinski definition) is 3. The van der Waals surface area contributed by atoms with Gasteiger partial charge in [0.25, 0.3) is 0 Å². The highest BCUT2D eigenvalue weighted by Crippen LogP contribution is 2.22. The molecule has 2 unspecified atom stereocenters. The van der Waals surface area contributed by atoms with E-state index in [0.717, 1.165) is 16.7 Å². The molecule has 5 nitrogen and oxygen atoms in total. The van der Waals surface area contributed by atoms with Crippen molar-refractivity contribution in [1.82, 2.24) is 15.2 Å². The molecular weight excluding hydrogens is 302 g/mol. The topological polar surface area (TPSA) is 62.3 Å². The smallest absolute Gasteiger partial charge is 0.225 e. The Morgan fingerprint density at radius 2 is 2.00 bits per heavy atom. The second-order valence-electron chi connectivity index (χ2n) is 6.27. The second-order valence-corrected chi connectivity index (χ2v) is 6.27. The number of carbonyl (C=O) groups is 2. The molecule has 1 fully saturated rings. The number of pyridine rings is 1. The molecule has 2 aromatic rings. The lowest BCUT2D eigenvalue weighted by atomic mass is 10.0. The van der Waals surface area contributed by atoms with Gasteiger partial charge in [-0.25, -0.2) is 0 Å². The second kappa shape index (κ2) is 6.83. The highest BCUT2D eigenvalue weighted by Gasteiger charge is 2.32. The summed E-state index contributed by atoms with van der Waals surface area (Å²) >= 11 is 0. The number of carbonyl (C=O) groups excluding carboxylic acids is 2. The van der Waals surface area contributed by atoms with Crippen molar-refractivity contribution in [2.24, 2.45) is 5.92 Å². The van der Waals surface area contributed by atoms with Crippen LogP contribution in [-0.2, 0) is 9.59 Å². The molecule has 24 heavy (non-hydrogen) atoms. The molecule has 1 N–H and O–H groups in total. The molecule has 1 aliphatic heterocycles. The summed E-state index contributed by atoms with van der Waals surface area (Å²) in [7, 11) is 1.73. The predicted octanol–water partition coefficient (Wildman–Crippen LogP) is 2.40. The van der Waals surface area contributed by atoms with Gasteiger partial charge >= 0.3 is 0 Å². The third kappa shape index (κ3) is 3.45. The maximum absolute atomic E-state index is 12.3. The number of likely N-dealkylation sites (tertiary alicyclic amines) is 1. The molecular formula is C19H21N3O2. The minimum Gasteiger partial charge on any atom is -0.349 e. The van der Waals surface area contributed by atoms with Crippen molar-refractivity contribution < 1.29 is 9.59 Å². The Balaban J connectivity index is 1.64. The lowest BCUT2D eigenvalue weighted by Crippen LogP contribution is -2.34. The highest BCUT2D eigenvalue weighted by atomic mass is 16.2. The van der Waals surface area contributed by atoms with E-state index < -0.39 is 0 Å². The predicted molar refractivity (Wildman–Crippen MR) is 92.0 cm³/mol. The van der Waals surface area contributed by atoms with Gasteiger partial charge in [0.15, 0.2) is 0 Å². The van der Waals surface area contributed by atoms with E-state index in [0.29, 0.717) is 13.0 Å². The molecule has 0 bridgehead atoms. The van der Waals surface area contributed by atoms with Gasteiger partial charge in [-0.1, -0.05) is 30.3 Å². The molecule has 0 spiro atoms. The van der Waals surface area contributed by atoms with E-state index in [9.17, 15) is 9.59 Å². The summed E-state index contributed by atoms with van der Waals surface area (Å²) in [6, 6.07) is 11.9. The first-order valence-electron chi connectivity index (χ1n) is 8.09.